The van der Waals surface area contributed by atoms with Crippen LogP contribution >= 0.6 is 0 Å². The van der Waals surface area contributed by atoms with Crippen molar-refractivity contribution in [2.75, 3.05) is 36.4 Å². The van der Waals surface area contributed by atoms with Crippen molar-refractivity contribution < 1.29 is 13.2 Å². The monoisotopic (exact) mass is 451 g/mol. The standard InChI is InChI=1S/C23H25N5O3S/c1-17-3-5-19(6-4-17)22-11-12-23(26-25-22)27-13-15-28(16-14-27)32(30,31)21-9-7-20(8-10-21)24-18(2)29/h3-12H,13-16H2,1-2H3,(H,24,29). The first-order valence-corrected chi connectivity index (χ1v) is 11.8. The molecule has 1 amide bonds. The Kier molecular flexibility index (Phi) is 6.20. The zero-order chi connectivity index (χ0) is 22.7. The molecule has 0 bridgehead atoms. The highest BCUT2D eigenvalue weighted by Gasteiger charge is 2.29. The number of aryl methyl sites for hydroxylation is 1. The fraction of sp³-hybridized carbons (Fsp3) is 0.261. The number of rotatable bonds is 5. The summed E-state index contributed by atoms with van der Waals surface area (Å²) in [5, 5.41) is 11.3. The second-order valence-corrected chi connectivity index (χ2v) is 9.68. The molecular formula is C23H25N5O3S. The lowest BCUT2D eigenvalue weighted by Gasteiger charge is -2.34. The van der Waals surface area contributed by atoms with Crippen LogP contribution in [0.5, 0.6) is 0 Å². The number of nitrogens with zero attached hydrogens (tertiary/aromatic N) is 4. The van der Waals surface area contributed by atoms with Crippen LogP contribution in [0.25, 0.3) is 11.3 Å². The highest BCUT2D eigenvalue weighted by molar-refractivity contribution is 7.89. The summed E-state index contributed by atoms with van der Waals surface area (Å²) in [4.78, 5) is 13.4. The van der Waals surface area contributed by atoms with Gasteiger partial charge in [0.05, 0.1) is 10.6 Å². The van der Waals surface area contributed by atoms with Gasteiger partial charge in [-0.3, -0.25) is 4.79 Å². The smallest absolute Gasteiger partial charge is 0.243 e. The minimum absolute atomic E-state index is 0.202. The number of sulfonamides is 1. The first-order chi connectivity index (χ1) is 15.3. The second-order valence-electron chi connectivity index (χ2n) is 7.74. The zero-order valence-electron chi connectivity index (χ0n) is 18.0. The molecule has 1 saturated heterocycles. The molecule has 2 aromatic carbocycles. The lowest BCUT2D eigenvalue weighted by Crippen LogP contribution is -2.49. The zero-order valence-corrected chi connectivity index (χ0v) is 18.8. The molecule has 0 atom stereocenters. The van der Waals surface area contributed by atoms with Crippen LogP contribution in [0.15, 0.2) is 65.6 Å². The summed E-state index contributed by atoms with van der Waals surface area (Å²) in [5.41, 5.74) is 3.57. The van der Waals surface area contributed by atoms with Gasteiger partial charge in [-0.05, 0) is 43.3 Å². The van der Waals surface area contributed by atoms with Gasteiger partial charge in [-0.2, -0.15) is 4.31 Å². The van der Waals surface area contributed by atoms with Crippen molar-refractivity contribution >= 4 is 27.4 Å². The van der Waals surface area contributed by atoms with Crippen molar-refractivity contribution in [1.29, 1.82) is 0 Å². The van der Waals surface area contributed by atoms with E-state index in [1.54, 1.807) is 12.1 Å². The number of amides is 1. The number of benzene rings is 2. The molecule has 0 unspecified atom stereocenters. The number of anilines is 2. The number of aromatic nitrogens is 2. The Balaban J connectivity index is 1.40. The molecule has 4 rings (SSSR count). The molecule has 0 spiro atoms. The number of hydrogen-bond acceptors (Lipinski definition) is 6. The van der Waals surface area contributed by atoms with E-state index in [1.165, 1.54) is 28.9 Å². The van der Waals surface area contributed by atoms with Gasteiger partial charge in [-0.25, -0.2) is 8.42 Å². The molecule has 8 nitrogen and oxygen atoms in total. The molecule has 1 fully saturated rings. The van der Waals surface area contributed by atoms with Crippen molar-refractivity contribution in [2.45, 2.75) is 18.7 Å². The summed E-state index contributed by atoms with van der Waals surface area (Å²) in [6, 6.07) is 18.2. The first-order valence-electron chi connectivity index (χ1n) is 10.4. The van der Waals surface area contributed by atoms with Crippen molar-refractivity contribution in [3.05, 3.63) is 66.2 Å². The first kappa shape index (κ1) is 21.9. The van der Waals surface area contributed by atoms with Crippen LogP contribution in [0.2, 0.25) is 0 Å². The van der Waals surface area contributed by atoms with Crippen LogP contribution in [-0.4, -0.2) is 55.0 Å². The Morgan fingerprint density at radius 2 is 1.53 bits per heavy atom. The Morgan fingerprint density at radius 3 is 2.09 bits per heavy atom. The topological polar surface area (TPSA) is 95.5 Å². The van der Waals surface area contributed by atoms with Gasteiger partial charge in [0.1, 0.15) is 0 Å². The minimum atomic E-state index is -3.60. The van der Waals surface area contributed by atoms with Crippen molar-refractivity contribution in [1.82, 2.24) is 14.5 Å². The largest absolute Gasteiger partial charge is 0.352 e. The molecule has 9 heteroatoms. The third kappa shape index (κ3) is 4.79. The van der Waals surface area contributed by atoms with Crippen LogP contribution in [0, 0.1) is 6.92 Å². The van der Waals surface area contributed by atoms with Gasteiger partial charge in [-0.1, -0.05) is 29.8 Å². The highest BCUT2D eigenvalue weighted by atomic mass is 32.2. The maximum absolute atomic E-state index is 13.0. The van der Waals surface area contributed by atoms with E-state index in [4.69, 9.17) is 0 Å². The van der Waals surface area contributed by atoms with Crippen LogP contribution in [0.3, 0.4) is 0 Å². The highest BCUT2D eigenvalue weighted by Crippen LogP contribution is 2.23. The molecule has 0 saturated carbocycles. The van der Waals surface area contributed by atoms with Gasteiger partial charge < -0.3 is 10.2 Å². The Labute approximate surface area is 187 Å². The number of nitrogens with one attached hydrogen (secondary N) is 1. The van der Waals surface area contributed by atoms with Crippen LogP contribution < -0.4 is 10.2 Å². The molecule has 1 N–H and O–H groups in total. The summed E-state index contributed by atoms with van der Waals surface area (Å²) in [7, 11) is -3.60. The van der Waals surface area contributed by atoms with Crippen LogP contribution in [0.1, 0.15) is 12.5 Å². The van der Waals surface area contributed by atoms with E-state index < -0.39 is 10.0 Å². The fourth-order valence-electron chi connectivity index (χ4n) is 3.59. The fourth-order valence-corrected chi connectivity index (χ4v) is 5.01. The predicted molar refractivity (Wildman–Crippen MR) is 124 cm³/mol. The molecule has 166 valence electrons. The second kappa shape index (κ2) is 9.05. The van der Waals surface area contributed by atoms with E-state index in [-0.39, 0.29) is 10.8 Å². The summed E-state index contributed by atoms with van der Waals surface area (Å²) in [6.07, 6.45) is 0. The van der Waals surface area contributed by atoms with E-state index in [0.717, 1.165) is 17.1 Å². The van der Waals surface area contributed by atoms with Gasteiger partial charge in [0.15, 0.2) is 5.82 Å². The Morgan fingerprint density at radius 1 is 0.875 bits per heavy atom. The molecule has 0 radical (unpaired) electrons. The lowest BCUT2D eigenvalue weighted by molar-refractivity contribution is -0.114. The molecule has 1 aliphatic rings. The number of hydrogen-bond donors (Lipinski definition) is 1. The summed E-state index contributed by atoms with van der Waals surface area (Å²) in [5.74, 6) is 0.532. The molecule has 1 aliphatic heterocycles. The SMILES string of the molecule is CC(=O)Nc1ccc(S(=O)(=O)N2CCN(c3ccc(-c4ccc(C)cc4)nn3)CC2)cc1. The van der Waals surface area contributed by atoms with Gasteiger partial charge >= 0.3 is 0 Å². The van der Waals surface area contributed by atoms with E-state index in [9.17, 15) is 13.2 Å². The van der Waals surface area contributed by atoms with Gasteiger partial charge in [-0.15, -0.1) is 10.2 Å². The molecule has 32 heavy (non-hydrogen) atoms. The molecule has 0 aliphatic carbocycles. The third-order valence-electron chi connectivity index (χ3n) is 5.37. The molecule has 1 aromatic heterocycles. The molecule has 2 heterocycles. The summed E-state index contributed by atoms with van der Waals surface area (Å²) in [6.45, 7) is 5.22. The van der Waals surface area contributed by atoms with Crippen molar-refractivity contribution in [2.24, 2.45) is 0 Å². The van der Waals surface area contributed by atoms with Crippen LogP contribution in [-0.2, 0) is 14.8 Å². The normalized spacial score (nSPS) is 14.9. The molecular weight excluding hydrogens is 426 g/mol. The quantitative estimate of drug-likeness (QED) is 0.641. The average Bonchev–Trinajstić information content (AvgIpc) is 2.80. The molecule has 3 aromatic rings. The number of carbonyl (C=O) groups excluding carboxylic acids is 1. The predicted octanol–water partition coefficient (Wildman–Crippen LogP) is 2.92. The van der Waals surface area contributed by atoms with Gasteiger partial charge in [0, 0.05) is 44.4 Å². The van der Waals surface area contributed by atoms with Crippen molar-refractivity contribution in [3.8, 4) is 11.3 Å². The van der Waals surface area contributed by atoms with Gasteiger partial charge in [0.25, 0.3) is 0 Å². The van der Waals surface area contributed by atoms with Crippen LogP contribution in [0.4, 0.5) is 11.5 Å². The maximum Gasteiger partial charge on any atom is 0.243 e. The van der Waals surface area contributed by atoms with E-state index >= 15 is 0 Å². The Hall–Kier alpha value is -3.30. The number of piperazine rings is 1. The third-order valence-corrected chi connectivity index (χ3v) is 7.29. The van der Waals surface area contributed by atoms with Gasteiger partial charge in [0.2, 0.25) is 15.9 Å². The maximum atomic E-state index is 13.0. The minimum Gasteiger partial charge on any atom is -0.352 e. The summed E-state index contributed by atoms with van der Waals surface area (Å²) < 4.78 is 27.4. The summed E-state index contributed by atoms with van der Waals surface area (Å²) >= 11 is 0. The van der Waals surface area contributed by atoms with E-state index in [0.29, 0.717) is 31.9 Å². The van der Waals surface area contributed by atoms with E-state index in [1.807, 2.05) is 48.2 Å². The number of carbonyl (C=O) groups is 1. The Bertz CT molecular complexity index is 1190. The average molecular weight is 452 g/mol. The lowest BCUT2D eigenvalue weighted by atomic mass is 10.1. The van der Waals surface area contributed by atoms with E-state index in [2.05, 4.69) is 15.5 Å². The van der Waals surface area contributed by atoms with Crippen molar-refractivity contribution in [3.63, 3.8) is 0 Å².